The molecule has 0 unspecified atom stereocenters. The number of nitrogens with two attached hydrogens (primary N) is 1. The lowest BCUT2D eigenvalue weighted by molar-refractivity contribution is 0.0768. The topological polar surface area (TPSA) is 88.6 Å². The Kier molecular flexibility index (Phi) is 5.66. The Morgan fingerprint density at radius 2 is 1.95 bits per heavy atom. The number of nitrogen functional groups attached to an aromatic ring is 1. The van der Waals surface area contributed by atoms with E-state index in [0.29, 0.717) is 35.8 Å². The van der Waals surface area contributed by atoms with Gasteiger partial charge in [0.25, 0.3) is 5.91 Å². The van der Waals surface area contributed by atoms with Crippen LogP contribution in [0.5, 0.6) is 11.5 Å². The largest absolute Gasteiger partial charge is 0.493 e. The second-order valence-electron chi connectivity index (χ2n) is 4.09. The van der Waals surface area contributed by atoms with E-state index in [-0.39, 0.29) is 12.3 Å². The zero-order valence-corrected chi connectivity index (χ0v) is 12.0. The summed E-state index contributed by atoms with van der Waals surface area (Å²) in [6.45, 7) is 2.74. The summed E-state index contributed by atoms with van der Waals surface area (Å²) >= 11 is 0. The molecule has 1 amide bonds. The number of nitrogens with zero attached hydrogens (tertiary/aromatic N) is 2. The van der Waals surface area contributed by atoms with E-state index in [1.807, 2.05) is 13.0 Å². The highest BCUT2D eigenvalue weighted by molar-refractivity contribution is 6.00. The molecule has 1 aromatic rings. The summed E-state index contributed by atoms with van der Waals surface area (Å²) in [4.78, 5) is 14.0. The standard InChI is InChI=1S/C14H19N3O3/c1-4-17(7-5-6-15)14(18)10-8-12(19-2)13(20-3)9-11(10)16/h8-9H,4-5,7,16H2,1-3H3. The molecule has 0 fully saturated rings. The maximum Gasteiger partial charge on any atom is 0.256 e. The minimum atomic E-state index is -0.221. The van der Waals surface area contributed by atoms with Crippen molar-refractivity contribution in [2.75, 3.05) is 33.0 Å². The molecule has 0 aromatic heterocycles. The van der Waals surface area contributed by atoms with Crippen LogP contribution in [-0.2, 0) is 0 Å². The molecule has 0 atom stereocenters. The lowest BCUT2D eigenvalue weighted by atomic mass is 10.1. The third-order valence-electron chi connectivity index (χ3n) is 2.95. The van der Waals surface area contributed by atoms with Gasteiger partial charge in [-0.15, -0.1) is 0 Å². The summed E-state index contributed by atoms with van der Waals surface area (Å²) in [6, 6.07) is 5.15. The van der Waals surface area contributed by atoms with Crippen LogP contribution in [0.4, 0.5) is 5.69 Å². The van der Waals surface area contributed by atoms with Gasteiger partial charge in [0.2, 0.25) is 0 Å². The van der Waals surface area contributed by atoms with Gasteiger partial charge in [-0.05, 0) is 13.0 Å². The number of carbonyl (C=O) groups excluding carboxylic acids is 1. The number of carbonyl (C=O) groups is 1. The van der Waals surface area contributed by atoms with Crippen molar-refractivity contribution in [3.8, 4) is 17.6 Å². The van der Waals surface area contributed by atoms with Gasteiger partial charge < -0.3 is 20.1 Å². The van der Waals surface area contributed by atoms with Crippen LogP contribution < -0.4 is 15.2 Å². The molecule has 0 spiro atoms. The zero-order chi connectivity index (χ0) is 15.1. The number of hydrogen-bond donors (Lipinski definition) is 1. The van der Waals surface area contributed by atoms with Crippen LogP contribution >= 0.6 is 0 Å². The van der Waals surface area contributed by atoms with Crippen LogP contribution in [0.2, 0.25) is 0 Å². The molecular formula is C14H19N3O3. The summed E-state index contributed by atoms with van der Waals surface area (Å²) in [6.07, 6.45) is 0.284. The molecule has 1 aromatic carbocycles. The predicted molar refractivity (Wildman–Crippen MR) is 75.8 cm³/mol. The van der Waals surface area contributed by atoms with Crippen molar-refractivity contribution in [2.45, 2.75) is 13.3 Å². The Balaban J connectivity index is 3.11. The van der Waals surface area contributed by atoms with E-state index in [2.05, 4.69) is 0 Å². The first-order chi connectivity index (χ1) is 9.58. The highest BCUT2D eigenvalue weighted by Crippen LogP contribution is 2.32. The van der Waals surface area contributed by atoms with Crippen LogP contribution in [0, 0.1) is 11.3 Å². The van der Waals surface area contributed by atoms with Crippen molar-refractivity contribution in [1.82, 2.24) is 4.90 Å². The maximum atomic E-state index is 12.4. The van der Waals surface area contributed by atoms with Crippen LogP contribution in [0.15, 0.2) is 12.1 Å². The molecule has 0 aliphatic rings. The Labute approximate surface area is 118 Å². The number of methoxy groups -OCH3 is 2. The third kappa shape index (κ3) is 3.32. The normalized spacial score (nSPS) is 9.70. The molecule has 20 heavy (non-hydrogen) atoms. The Bertz CT molecular complexity index is 523. The van der Waals surface area contributed by atoms with Crippen LogP contribution in [0.3, 0.4) is 0 Å². The Morgan fingerprint density at radius 3 is 2.45 bits per heavy atom. The number of anilines is 1. The fraction of sp³-hybridized carbons (Fsp3) is 0.429. The minimum absolute atomic E-state index is 0.221. The summed E-state index contributed by atoms with van der Waals surface area (Å²) < 4.78 is 10.3. The van der Waals surface area contributed by atoms with Gasteiger partial charge in [0.1, 0.15) is 0 Å². The molecule has 0 saturated carbocycles. The fourth-order valence-corrected chi connectivity index (χ4v) is 1.84. The van der Waals surface area contributed by atoms with E-state index in [4.69, 9.17) is 20.5 Å². The van der Waals surface area contributed by atoms with Crippen molar-refractivity contribution < 1.29 is 14.3 Å². The molecule has 0 radical (unpaired) electrons. The van der Waals surface area contributed by atoms with E-state index in [9.17, 15) is 4.79 Å². The molecule has 0 aliphatic heterocycles. The van der Waals surface area contributed by atoms with Gasteiger partial charge in [-0.25, -0.2) is 0 Å². The van der Waals surface area contributed by atoms with Crippen LogP contribution in [0.25, 0.3) is 0 Å². The van der Waals surface area contributed by atoms with Gasteiger partial charge in [-0.2, -0.15) is 5.26 Å². The molecule has 6 heteroatoms. The van der Waals surface area contributed by atoms with E-state index < -0.39 is 0 Å². The SMILES string of the molecule is CCN(CCC#N)C(=O)c1cc(OC)c(OC)cc1N. The summed E-state index contributed by atoms with van der Waals surface area (Å²) in [7, 11) is 3.00. The summed E-state index contributed by atoms with van der Waals surface area (Å²) in [5.74, 6) is 0.698. The number of hydrogen-bond acceptors (Lipinski definition) is 5. The van der Waals surface area contributed by atoms with Crippen LogP contribution in [-0.4, -0.2) is 38.1 Å². The van der Waals surface area contributed by atoms with Crippen LogP contribution in [0.1, 0.15) is 23.7 Å². The quantitative estimate of drug-likeness (QED) is 0.799. The Hall–Kier alpha value is -2.42. The van der Waals surface area contributed by atoms with Gasteiger partial charge in [0, 0.05) is 24.8 Å². The second kappa shape index (κ2) is 7.24. The summed E-state index contributed by atoms with van der Waals surface area (Å²) in [5, 5.41) is 8.62. The number of ether oxygens (including phenoxy) is 2. The smallest absolute Gasteiger partial charge is 0.256 e. The van der Waals surface area contributed by atoms with Crippen molar-refractivity contribution in [2.24, 2.45) is 0 Å². The zero-order valence-electron chi connectivity index (χ0n) is 12.0. The minimum Gasteiger partial charge on any atom is -0.493 e. The first-order valence-corrected chi connectivity index (χ1v) is 6.26. The molecule has 0 aliphatic carbocycles. The first kappa shape index (κ1) is 15.6. The van der Waals surface area contributed by atoms with Crippen molar-refractivity contribution in [3.05, 3.63) is 17.7 Å². The molecular weight excluding hydrogens is 258 g/mol. The molecule has 1 rings (SSSR count). The average molecular weight is 277 g/mol. The maximum absolute atomic E-state index is 12.4. The molecule has 2 N–H and O–H groups in total. The van der Waals surface area contributed by atoms with Gasteiger partial charge in [0.15, 0.2) is 11.5 Å². The van der Waals surface area contributed by atoms with Crippen molar-refractivity contribution >= 4 is 11.6 Å². The van der Waals surface area contributed by atoms with Gasteiger partial charge in [-0.1, -0.05) is 0 Å². The van der Waals surface area contributed by atoms with Gasteiger partial charge in [-0.3, -0.25) is 4.79 Å². The van der Waals surface area contributed by atoms with E-state index in [1.54, 1.807) is 17.0 Å². The average Bonchev–Trinajstić information content (AvgIpc) is 2.47. The number of benzene rings is 1. The van der Waals surface area contributed by atoms with Crippen molar-refractivity contribution in [1.29, 1.82) is 5.26 Å². The molecule has 0 bridgehead atoms. The lowest BCUT2D eigenvalue weighted by Crippen LogP contribution is -2.32. The predicted octanol–water partition coefficient (Wildman–Crippen LogP) is 1.66. The highest BCUT2D eigenvalue weighted by Gasteiger charge is 2.19. The van der Waals surface area contributed by atoms with E-state index in [1.165, 1.54) is 14.2 Å². The summed E-state index contributed by atoms with van der Waals surface area (Å²) in [5.41, 5.74) is 6.57. The number of rotatable bonds is 6. The van der Waals surface area contributed by atoms with Crippen molar-refractivity contribution in [3.63, 3.8) is 0 Å². The molecule has 108 valence electrons. The fourth-order valence-electron chi connectivity index (χ4n) is 1.84. The van der Waals surface area contributed by atoms with Gasteiger partial charge in [0.05, 0.1) is 32.3 Å². The lowest BCUT2D eigenvalue weighted by Gasteiger charge is -2.21. The monoisotopic (exact) mass is 277 g/mol. The molecule has 6 nitrogen and oxygen atoms in total. The molecule has 0 saturated heterocycles. The molecule has 0 heterocycles. The third-order valence-corrected chi connectivity index (χ3v) is 2.95. The van der Waals surface area contributed by atoms with Gasteiger partial charge >= 0.3 is 0 Å². The number of nitriles is 1. The van der Waals surface area contributed by atoms with E-state index >= 15 is 0 Å². The first-order valence-electron chi connectivity index (χ1n) is 6.26. The van der Waals surface area contributed by atoms with E-state index in [0.717, 1.165) is 0 Å². The Morgan fingerprint density at radius 1 is 1.35 bits per heavy atom. The second-order valence-corrected chi connectivity index (χ2v) is 4.09. The number of amides is 1. The highest BCUT2D eigenvalue weighted by atomic mass is 16.5.